The Labute approximate surface area is 486 Å². The number of imidazole rings is 1. The third kappa shape index (κ3) is 7.80. The molecular formula is C74H60Ge2N4O. The second-order valence-corrected chi connectivity index (χ2v) is 41.8. The van der Waals surface area contributed by atoms with Gasteiger partial charge in [-0.2, -0.15) is 0 Å². The fourth-order valence-electron chi connectivity index (χ4n) is 13.4. The summed E-state index contributed by atoms with van der Waals surface area (Å²) in [6, 6.07) is 69.4. The second-order valence-electron chi connectivity index (χ2n) is 23.8. The van der Waals surface area contributed by atoms with Crippen LogP contribution in [0.25, 0.3) is 106 Å². The van der Waals surface area contributed by atoms with Crippen molar-refractivity contribution in [2.45, 2.75) is 49.2 Å². The van der Waals surface area contributed by atoms with Gasteiger partial charge >= 0.3 is 362 Å². The van der Waals surface area contributed by atoms with Crippen molar-refractivity contribution < 1.29 is 16.2 Å². The number of hydrogen-bond donors (Lipinski definition) is 0. The second kappa shape index (κ2) is 18.5. The van der Waals surface area contributed by atoms with Crippen molar-refractivity contribution in [3.8, 4) is 84.3 Å². The van der Waals surface area contributed by atoms with Gasteiger partial charge < -0.3 is 0 Å². The van der Waals surface area contributed by atoms with Crippen molar-refractivity contribution in [2.75, 3.05) is 0 Å². The van der Waals surface area contributed by atoms with Crippen LogP contribution in [0.1, 0.15) is 33.2 Å². The molecule has 2 aliphatic heterocycles. The summed E-state index contributed by atoms with van der Waals surface area (Å²) in [5, 5.41) is 2.22. The predicted octanol–water partition coefficient (Wildman–Crippen LogP) is 15.9. The van der Waals surface area contributed by atoms with Gasteiger partial charge in [0, 0.05) is 17.0 Å². The number of nitrogens with zero attached hydrogens (tertiary/aromatic N) is 4. The van der Waals surface area contributed by atoms with E-state index in [1.165, 1.54) is 15.5 Å². The van der Waals surface area contributed by atoms with Gasteiger partial charge in [0.15, 0.2) is 0 Å². The average Bonchev–Trinajstić information content (AvgIpc) is 1.10. The molecule has 5 heterocycles. The van der Waals surface area contributed by atoms with Crippen molar-refractivity contribution in [1.29, 1.82) is 0 Å². The molecule has 0 unspecified atom stereocenters. The van der Waals surface area contributed by atoms with Crippen molar-refractivity contribution in [1.82, 2.24) is 14.1 Å². The molecule has 0 saturated heterocycles. The predicted molar refractivity (Wildman–Crippen MR) is 342 cm³/mol. The molecule has 81 heavy (non-hydrogen) atoms. The van der Waals surface area contributed by atoms with E-state index < -0.39 is 44.7 Å². The molecule has 0 atom stereocenters. The molecule has 0 aliphatic carbocycles. The standard InChI is InChI=1S/C74H60Ge2N4O/c1-74(2,3)50-40-41-77-70(44-50)80-67-37-18-15-30-60(67)61-39-38-53(46-68(61)80)81-52-25-19-24-51(45-52)78-47-79-72-55(48-22-9-8-10-23-48)32-20-33-62(72)58-28-13-11-26-56(58)57-27-12-14-29-59(57)63-42-49(43-69(78)73(63)79)54-31-21-36-66-71(54)76(6,7)65-35-17-16-34-64(65)75(66,4)5/h8-46H,1-7H3/i8D,9D,10D,22D,23D. The zero-order valence-electron chi connectivity index (χ0n) is 51.3. The van der Waals surface area contributed by atoms with Gasteiger partial charge in [-0.15, -0.1) is 0 Å². The Morgan fingerprint density at radius 2 is 1.10 bits per heavy atom. The quantitative estimate of drug-likeness (QED) is 0.0945. The van der Waals surface area contributed by atoms with Crippen LogP contribution < -0.4 is 26.9 Å². The number of aromatic nitrogens is 4. The summed E-state index contributed by atoms with van der Waals surface area (Å²) in [5.41, 5.74) is 15.1. The number of pyridine rings is 1. The topological polar surface area (TPSA) is 35.9 Å². The first-order valence-corrected chi connectivity index (χ1v) is 40.5. The fourth-order valence-corrected chi connectivity index (χ4v) is 39.6. The Kier molecular flexibility index (Phi) is 10.1. The Hall–Kier alpha value is -8.49. The first-order chi connectivity index (χ1) is 41.4. The molecule has 0 N–H and O–H groups in total. The van der Waals surface area contributed by atoms with Crippen LogP contribution in [-0.2, 0) is 5.41 Å². The summed E-state index contributed by atoms with van der Waals surface area (Å²) < 4.78 is 65.3. The molecule has 7 heteroatoms. The summed E-state index contributed by atoms with van der Waals surface area (Å²) in [5.74, 6) is 12.4. The molecule has 3 aromatic heterocycles. The van der Waals surface area contributed by atoms with Gasteiger partial charge in [-0.1, -0.05) is 45.0 Å². The van der Waals surface area contributed by atoms with E-state index in [9.17, 15) is 2.74 Å². The number of ether oxygens (including phenoxy) is 1. The van der Waals surface area contributed by atoms with E-state index in [1.54, 1.807) is 13.2 Å². The number of hydrogen-bond acceptors (Lipinski definition) is 2. The summed E-state index contributed by atoms with van der Waals surface area (Å²) in [6.45, 7) is 6.67. The molecule has 15 rings (SSSR count). The van der Waals surface area contributed by atoms with Crippen LogP contribution in [-0.4, -0.2) is 40.7 Å². The number of fused-ring (bicyclic) bond motifs is 12. The van der Waals surface area contributed by atoms with Gasteiger partial charge in [0.2, 0.25) is 0 Å². The SMILES string of the molecule is [2H]c1c([2H])c([2H])c(-c2cccc3c2-[n+]2[c-]n(-c4cccc(Oc5ccc6c7ccccc7n(-c7cc(C(C)(C)C)ccn7)c6c5)c4)c4cc(-c5ccc[c]6[c]5[Ge]([CH3])([CH3])[c]5cccc[c]5[Ge]6([CH3])[CH3])cc(c42)-c2ccccc2-c2ccccc2-3)c([2H])c1[2H]. The van der Waals surface area contributed by atoms with Gasteiger partial charge in [0.05, 0.1) is 15.1 Å². The van der Waals surface area contributed by atoms with Gasteiger partial charge in [-0.25, -0.2) is 4.98 Å². The van der Waals surface area contributed by atoms with Crippen LogP contribution in [0.5, 0.6) is 11.5 Å². The van der Waals surface area contributed by atoms with Crippen molar-refractivity contribution in [3.63, 3.8) is 0 Å². The van der Waals surface area contributed by atoms with E-state index in [0.29, 0.717) is 22.7 Å². The van der Waals surface area contributed by atoms with Crippen LogP contribution in [0.15, 0.2) is 237 Å². The van der Waals surface area contributed by atoms with Crippen LogP contribution in [0, 0.1) is 6.33 Å². The van der Waals surface area contributed by atoms with Crippen LogP contribution in [0.2, 0.25) is 23.0 Å². The Morgan fingerprint density at radius 3 is 1.86 bits per heavy atom. The Morgan fingerprint density at radius 1 is 0.494 bits per heavy atom. The van der Waals surface area contributed by atoms with Gasteiger partial charge in [-0.05, 0) is 35.2 Å². The molecule has 0 amide bonds. The van der Waals surface area contributed by atoms with E-state index in [0.717, 1.165) is 83.3 Å². The van der Waals surface area contributed by atoms with Crippen molar-refractivity contribution in [3.05, 3.63) is 248 Å². The summed E-state index contributed by atoms with van der Waals surface area (Å²) >= 11 is -5.90. The van der Waals surface area contributed by atoms with E-state index in [2.05, 4.69) is 228 Å². The third-order valence-electron chi connectivity index (χ3n) is 17.3. The Bertz CT molecular complexity index is 5020. The average molecular weight is 1170 g/mol. The number of benzene rings is 10. The molecule has 0 radical (unpaired) electrons. The van der Waals surface area contributed by atoms with Gasteiger partial charge in [-0.3, -0.25) is 4.57 Å². The number of rotatable bonds is 6. The van der Waals surface area contributed by atoms with Crippen LogP contribution in [0.3, 0.4) is 0 Å². The number of para-hydroxylation sites is 2. The van der Waals surface area contributed by atoms with Crippen LogP contribution >= 0.6 is 0 Å². The normalized spacial score (nSPS) is 14.7. The van der Waals surface area contributed by atoms with E-state index in [-0.39, 0.29) is 23.1 Å². The van der Waals surface area contributed by atoms with E-state index in [4.69, 9.17) is 13.8 Å². The first kappa shape index (κ1) is 44.3. The molecule has 0 bridgehead atoms. The minimum Gasteiger partial charge on any atom is 0.0623 e. The van der Waals surface area contributed by atoms with Crippen molar-refractivity contribution >= 4 is 77.0 Å². The molecule has 2 aliphatic rings. The molecule has 5 nitrogen and oxygen atoms in total. The smallest absolute Gasteiger partial charge is 0.0623 e. The molecule has 0 spiro atoms. The first-order valence-electron chi connectivity index (χ1n) is 30.4. The molecule has 390 valence electrons. The van der Waals surface area contributed by atoms with Crippen LogP contribution in [0.4, 0.5) is 0 Å². The van der Waals surface area contributed by atoms with Gasteiger partial charge in [0.1, 0.15) is 5.82 Å². The molecule has 0 fully saturated rings. The monoisotopic (exact) mass is 1170 g/mol. The summed E-state index contributed by atoms with van der Waals surface area (Å²) in [4.78, 5) is 4.94. The maximum absolute atomic E-state index is 9.48. The van der Waals surface area contributed by atoms with E-state index in [1.807, 2.05) is 42.6 Å². The summed E-state index contributed by atoms with van der Waals surface area (Å²) in [6.07, 6.45) is 5.84. The molecular weight excluding hydrogens is 1110 g/mol. The van der Waals surface area contributed by atoms with Crippen molar-refractivity contribution in [2.24, 2.45) is 0 Å². The fraction of sp³-hybridized carbons (Fsp3) is 0.108. The summed E-state index contributed by atoms with van der Waals surface area (Å²) in [7, 11) is 0. The molecule has 13 aromatic rings. The zero-order chi connectivity index (χ0) is 59.3. The minimum atomic E-state index is -3.05. The van der Waals surface area contributed by atoms with E-state index >= 15 is 0 Å². The maximum atomic E-state index is 9.48. The Balaban J connectivity index is 1.01. The third-order valence-corrected chi connectivity index (χ3v) is 34.4. The minimum absolute atomic E-state index is 0.0753. The molecule has 0 saturated carbocycles. The van der Waals surface area contributed by atoms with Gasteiger partial charge in [0.25, 0.3) is 0 Å². The zero-order valence-corrected chi connectivity index (χ0v) is 50.5. The molecule has 10 aromatic carbocycles.